The summed E-state index contributed by atoms with van der Waals surface area (Å²) in [6.45, 7) is 4.72. The first-order valence-corrected chi connectivity index (χ1v) is 7.05. The molecule has 0 radical (unpaired) electrons. The minimum absolute atomic E-state index is 0.306. The van der Waals surface area contributed by atoms with Gasteiger partial charge in [0.25, 0.3) is 0 Å². The molecule has 2 aromatic rings. The molecule has 0 spiro atoms. The molecule has 0 saturated heterocycles. The van der Waals surface area contributed by atoms with Crippen molar-refractivity contribution in [2.24, 2.45) is 0 Å². The van der Waals surface area contributed by atoms with Gasteiger partial charge in [-0.15, -0.1) is 11.6 Å². The van der Waals surface area contributed by atoms with Crippen LogP contribution in [0.4, 0.5) is 0 Å². The lowest BCUT2D eigenvalue weighted by Crippen LogP contribution is -2.30. The zero-order valence-electron chi connectivity index (χ0n) is 12.3. The molecule has 0 aliphatic heterocycles. The molecule has 110 valence electrons. The molecule has 0 bridgehead atoms. The molecule has 0 aliphatic carbocycles. The summed E-state index contributed by atoms with van der Waals surface area (Å²) in [5.74, 6) is 2.01. The second kappa shape index (κ2) is 5.97. The first-order valence-electron chi connectivity index (χ1n) is 6.52. The Balaban J connectivity index is 2.53. The van der Waals surface area contributed by atoms with Crippen LogP contribution in [0.1, 0.15) is 19.7 Å². The molecule has 0 amide bonds. The SMILES string of the molecule is COc1ccc2nc(CCCl)n(CC(C)(C)OC)c2n1. The lowest BCUT2D eigenvalue weighted by Gasteiger charge is -2.24. The van der Waals surface area contributed by atoms with Crippen LogP contribution in [0.25, 0.3) is 11.2 Å². The number of pyridine rings is 1. The van der Waals surface area contributed by atoms with Crippen molar-refractivity contribution in [1.29, 1.82) is 0 Å². The number of hydrogen-bond donors (Lipinski definition) is 0. The van der Waals surface area contributed by atoms with E-state index in [4.69, 9.17) is 21.1 Å². The minimum Gasteiger partial charge on any atom is -0.481 e. The highest BCUT2D eigenvalue weighted by atomic mass is 35.5. The molecule has 2 rings (SSSR count). The lowest BCUT2D eigenvalue weighted by atomic mass is 10.1. The molecular formula is C14H20ClN3O2. The summed E-state index contributed by atoms with van der Waals surface area (Å²) in [5, 5.41) is 0. The maximum atomic E-state index is 5.87. The van der Waals surface area contributed by atoms with Crippen LogP contribution < -0.4 is 4.74 Å². The van der Waals surface area contributed by atoms with Gasteiger partial charge in [0.2, 0.25) is 5.88 Å². The Morgan fingerprint density at radius 1 is 1.25 bits per heavy atom. The van der Waals surface area contributed by atoms with E-state index in [1.54, 1.807) is 14.2 Å². The molecular weight excluding hydrogens is 278 g/mol. The molecule has 5 nitrogen and oxygen atoms in total. The Morgan fingerprint density at radius 3 is 2.60 bits per heavy atom. The Morgan fingerprint density at radius 2 is 2.00 bits per heavy atom. The number of methoxy groups -OCH3 is 2. The van der Waals surface area contributed by atoms with Crippen LogP contribution in [-0.4, -0.2) is 40.2 Å². The molecule has 0 saturated carbocycles. The largest absolute Gasteiger partial charge is 0.481 e. The highest BCUT2D eigenvalue weighted by Crippen LogP contribution is 2.22. The third kappa shape index (κ3) is 3.04. The third-order valence-electron chi connectivity index (χ3n) is 3.26. The number of fused-ring (bicyclic) bond motifs is 1. The Kier molecular flexibility index (Phi) is 4.50. The highest BCUT2D eigenvalue weighted by molar-refractivity contribution is 6.17. The maximum absolute atomic E-state index is 5.87. The molecule has 0 N–H and O–H groups in total. The summed E-state index contributed by atoms with van der Waals surface area (Å²) >= 11 is 5.87. The third-order valence-corrected chi connectivity index (χ3v) is 3.45. The predicted octanol–water partition coefficient (Wildman–Crippen LogP) is 2.65. The summed E-state index contributed by atoms with van der Waals surface area (Å²) < 4.78 is 12.8. The van der Waals surface area contributed by atoms with E-state index in [9.17, 15) is 0 Å². The van der Waals surface area contributed by atoms with Gasteiger partial charge >= 0.3 is 0 Å². The van der Waals surface area contributed by atoms with E-state index < -0.39 is 0 Å². The van der Waals surface area contributed by atoms with E-state index in [0.717, 1.165) is 17.0 Å². The van der Waals surface area contributed by atoms with E-state index in [2.05, 4.69) is 14.5 Å². The van der Waals surface area contributed by atoms with Crippen molar-refractivity contribution in [1.82, 2.24) is 14.5 Å². The number of alkyl halides is 1. The second-order valence-electron chi connectivity index (χ2n) is 5.21. The van der Waals surface area contributed by atoms with Crippen LogP contribution in [0.5, 0.6) is 5.88 Å². The highest BCUT2D eigenvalue weighted by Gasteiger charge is 2.22. The van der Waals surface area contributed by atoms with Crippen LogP contribution in [0.2, 0.25) is 0 Å². The van der Waals surface area contributed by atoms with Crippen LogP contribution in [0, 0.1) is 0 Å². The van der Waals surface area contributed by atoms with Gasteiger partial charge < -0.3 is 14.0 Å². The van der Waals surface area contributed by atoms with Crippen molar-refractivity contribution < 1.29 is 9.47 Å². The molecule has 2 heterocycles. The topological polar surface area (TPSA) is 49.2 Å². The van der Waals surface area contributed by atoms with Gasteiger partial charge in [-0.3, -0.25) is 0 Å². The van der Waals surface area contributed by atoms with E-state index in [1.807, 2.05) is 26.0 Å². The van der Waals surface area contributed by atoms with E-state index in [-0.39, 0.29) is 5.60 Å². The standard InChI is InChI=1S/C14H20ClN3O2/c1-14(2,20-4)9-18-11(7-8-15)16-10-5-6-12(19-3)17-13(10)18/h5-6H,7-9H2,1-4H3. The number of halogens is 1. The van der Waals surface area contributed by atoms with Crippen LogP contribution >= 0.6 is 11.6 Å². The van der Waals surface area contributed by atoms with Gasteiger partial charge in [0, 0.05) is 25.5 Å². The van der Waals surface area contributed by atoms with Crippen LogP contribution in [0.15, 0.2) is 12.1 Å². The van der Waals surface area contributed by atoms with Gasteiger partial charge in [0.05, 0.1) is 19.3 Å². The minimum atomic E-state index is -0.306. The van der Waals surface area contributed by atoms with Crippen molar-refractivity contribution in [2.45, 2.75) is 32.4 Å². The van der Waals surface area contributed by atoms with Gasteiger partial charge in [-0.1, -0.05) is 0 Å². The normalized spacial score (nSPS) is 12.1. The predicted molar refractivity (Wildman–Crippen MR) is 79.6 cm³/mol. The Bertz CT molecular complexity index is 595. The first kappa shape index (κ1) is 15.1. The molecule has 0 aliphatic rings. The van der Waals surface area contributed by atoms with Gasteiger partial charge in [-0.25, -0.2) is 4.98 Å². The van der Waals surface area contributed by atoms with Crippen molar-refractivity contribution in [3.63, 3.8) is 0 Å². The number of rotatable bonds is 6. The fraction of sp³-hybridized carbons (Fsp3) is 0.571. The van der Waals surface area contributed by atoms with Gasteiger partial charge in [-0.2, -0.15) is 4.98 Å². The monoisotopic (exact) mass is 297 g/mol. The fourth-order valence-electron chi connectivity index (χ4n) is 2.03. The second-order valence-corrected chi connectivity index (χ2v) is 5.59. The summed E-state index contributed by atoms with van der Waals surface area (Å²) in [6, 6.07) is 3.72. The molecule has 0 unspecified atom stereocenters. The average molecular weight is 298 g/mol. The van der Waals surface area contributed by atoms with Crippen LogP contribution in [0.3, 0.4) is 0 Å². The smallest absolute Gasteiger partial charge is 0.215 e. The van der Waals surface area contributed by atoms with E-state index in [0.29, 0.717) is 24.7 Å². The molecule has 20 heavy (non-hydrogen) atoms. The zero-order valence-corrected chi connectivity index (χ0v) is 13.1. The molecule has 0 aromatic carbocycles. The number of ether oxygens (including phenoxy) is 2. The van der Waals surface area contributed by atoms with Gasteiger partial charge in [0.15, 0.2) is 5.65 Å². The fourth-order valence-corrected chi connectivity index (χ4v) is 2.20. The van der Waals surface area contributed by atoms with E-state index >= 15 is 0 Å². The quantitative estimate of drug-likeness (QED) is 0.769. The summed E-state index contributed by atoms with van der Waals surface area (Å²) in [4.78, 5) is 9.10. The van der Waals surface area contributed by atoms with Crippen LogP contribution in [-0.2, 0) is 17.7 Å². The molecule has 2 aromatic heterocycles. The number of nitrogens with zero attached hydrogens (tertiary/aromatic N) is 3. The molecule has 0 fully saturated rings. The first-order chi connectivity index (χ1) is 9.50. The van der Waals surface area contributed by atoms with Crippen molar-refractivity contribution in [3.05, 3.63) is 18.0 Å². The Hall–Kier alpha value is -1.33. The van der Waals surface area contributed by atoms with E-state index in [1.165, 1.54) is 0 Å². The number of aryl methyl sites for hydroxylation is 1. The summed E-state index contributed by atoms with van der Waals surface area (Å²) in [5.41, 5.74) is 1.34. The molecule has 0 atom stereocenters. The average Bonchev–Trinajstić information content (AvgIpc) is 2.76. The number of hydrogen-bond acceptors (Lipinski definition) is 4. The van der Waals surface area contributed by atoms with Crippen molar-refractivity contribution in [2.75, 3.05) is 20.1 Å². The summed E-state index contributed by atoms with van der Waals surface area (Å²) in [6.07, 6.45) is 0.694. The van der Waals surface area contributed by atoms with Gasteiger partial charge in [-0.05, 0) is 19.9 Å². The molecule has 6 heteroatoms. The lowest BCUT2D eigenvalue weighted by molar-refractivity contribution is 0.00833. The zero-order chi connectivity index (χ0) is 14.8. The number of aromatic nitrogens is 3. The Labute approximate surface area is 123 Å². The summed E-state index contributed by atoms with van der Waals surface area (Å²) in [7, 11) is 3.31. The van der Waals surface area contributed by atoms with Crippen molar-refractivity contribution >= 4 is 22.8 Å². The van der Waals surface area contributed by atoms with Gasteiger partial charge in [0.1, 0.15) is 11.3 Å². The number of imidazole rings is 1. The maximum Gasteiger partial charge on any atom is 0.215 e. The van der Waals surface area contributed by atoms with Crippen molar-refractivity contribution in [3.8, 4) is 5.88 Å².